The van der Waals surface area contributed by atoms with Gasteiger partial charge in [0.1, 0.15) is 0 Å². The van der Waals surface area contributed by atoms with E-state index in [0.29, 0.717) is 11.3 Å². The Morgan fingerprint density at radius 2 is 2.32 bits per heavy atom. The van der Waals surface area contributed by atoms with Gasteiger partial charge in [0.25, 0.3) is 11.6 Å². The zero-order valence-electron chi connectivity index (χ0n) is 11.8. The Bertz CT molecular complexity index is 712. The summed E-state index contributed by atoms with van der Waals surface area (Å²) in [5.41, 5.74) is 5.92. The predicted molar refractivity (Wildman–Crippen MR) is 78.3 cm³/mol. The molecule has 0 saturated heterocycles. The van der Waals surface area contributed by atoms with Gasteiger partial charge in [0.15, 0.2) is 0 Å². The predicted octanol–water partition coefficient (Wildman–Crippen LogP) is 0.573. The van der Waals surface area contributed by atoms with Crippen LogP contribution in [-0.2, 0) is 7.05 Å². The molecular weight excluding hydrogens is 290 g/mol. The van der Waals surface area contributed by atoms with E-state index in [0.717, 1.165) is 6.07 Å². The van der Waals surface area contributed by atoms with Crippen LogP contribution in [0.4, 0.5) is 11.4 Å². The molecule has 0 radical (unpaired) electrons. The van der Waals surface area contributed by atoms with Crippen molar-refractivity contribution in [2.45, 2.75) is 6.10 Å². The molecular formula is C13H15N5O4. The van der Waals surface area contributed by atoms with Crippen LogP contribution in [0.25, 0.3) is 0 Å². The summed E-state index contributed by atoms with van der Waals surface area (Å²) in [4.78, 5) is 21.5. The molecule has 1 amide bonds. The van der Waals surface area contributed by atoms with Crippen LogP contribution >= 0.6 is 0 Å². The van der Waals surface area contributed by atoms with Crippen molar-refractivity contribution in [2.24, 2.45) is 12.8 Å². The number of nitrogens with zero attached hydrogens (tertiary/aromatic N) is 3. The van der Waals surface area contributed by atoms with E-state index in [-0.39, 0.29) is 17.8 Å². The molecule has 2 rings (SSSR count). The van der Waals surface area contributed by atoms with Crippen molar-refractivity contribution in [1.29, 1.82) is 0 Å². The molecule has 4 N–H and O–H groups in total. The van der Waals surface area contributed by atoms with Crippen LogP contribution < -0.4 is 11.1 Å². The Balaban J connectivity index is 2.15. The molecule has 116 valence electrons. The summed E-state index contributed by atoms with van der Waals surface area (Å²) in [7, 11) is 1.73. The number of rotatable bonds is 6. The first-order chi connectivity index (χ1) is 10.4. The number of benzene rings is 1. The summed E-state index contributed by atoms with van der Waals surface area (Å²) in [5, 5.41) is 27.6. The Labute approximate surface area is 125 Å². The van der Waals surface area contributed by atoms with E-state index in [1.54, 1.807) is 17.9 Å². The third-order valence-corrected chi connectivity index (χ3v) is 3.07. The van der Waals surface area contributed by atoms with Crippen molar-refractivity contribution >= 4 is 17.3 Å². The minimum absolute atomic E-state index is 0.00686. The monoisotopic (exact) mass is 305 g/mol. The van der Waals surface area contributed by atoms with Gasteiger partial charge in [0.2, 0.25) is 0 Å². The van der Waals surface area contributed by atoms with Crippen molar-refractivity contribution in [2.75, 3.05) is 11.9 Å². The second-order valence-corrected chi connectivity index (χ2v) is 4.70. The first-order valence-corrected chi connectivity index (χ1v) is 6.37. The lowest BCUT2D eigenvalue weighted by Gasteiger charge is -2.13. The molecule has 22 heavy (non-hydrogen) atoms. The van der Waals surface area contributed by atoms with Gasteiger partial charge in [-0.1, -0.05) is 0 Å². The highest BCUT2D eigenvalue weighted by Gasteiger charge is 2.16. The molecule has 0 saturated carbocycles. The van der Waals surface area contributed by atoms with Crippen LogP contribution in [0.5, 0.6) is 0 Å². The highest BCUT2D eigenvalue weighted by atomic mass is 16.6. The van der Waals surface area contributed by atoms with Crippen LogP contribution in [0.3, 0.4) is 0 Å². The number of carbonyl (C=O) groups is 1. The average molecular weight is 305 g/mol. The number of nitro groups is 1. The van der Waals surface area contributed by atoms with Crippen LogP contribution in [0.15, 0.2) is 30.6 Å². The standard InChI is InChI=1S/C13H15N5O4/c1-17-7-8(5-16-17)12(19)6-15-11-3-2-9(18(21)22)4-10(11)13(14)20/h2-5,7,12,15,19H,6H2,1H3,(H2,14,20). The topological polar surface area (TPSA) is 136 Å². The zero-order valence-corrected chi connectivity index (χ0v) is 11.8. The molecule has 1 aromatic heterocycles. The second-order valence-electron chi connectivity index (χ2n) is 4.70. The summed E-state index contributed by atoms with van der Waals surface area (Å²) < 4.78 is 1.55. The van der Waals surface area contributed by atoms with Gasteiger partial charge in [0.05, 0.1) is 22.8 Å². The van der Waals surface area contributed by atoms with Gasteiger partial charge in [-0.3, -0.25) is 19.6 Å². The normalized spacial score (nSPS) is 11.9. The SMILES string of the molecule is Cn1cc(C(O)CNc2ccc([N+](=O)[O-])cc2C(N)=O)cn1. The summed E-state index contributed by atoms with van der Waals surface area (Å²) >= 11 is 0. The van der Waals surface area contributed by atoms with Gasteiger partial charge in [0, 0.05) is 43.2 Å². The molecule has 1 atom stereocenters. The van der Waals surface area contributed by atoms with Crippen molar-refractivity contribution in [3.8, 4) is 0 Å². The molecule has 9 heteroatoms. The van der Waals surface area contributed by atoms with Crippen LogP contribution in [0, 0.1) is 10.1 Å². The third-order valence-electron chi connectivity index (χ3n) is 3.07. The van der Waals surface area contributed by atoms with Gasteiger partial charge in [-0.25, -0.2) is 0 Å². The number of primary amides is 1. The van der Waals surface area contributed by atoms with E-state index in [1.165, 1.54) is 18.3 Å². The molecule has 0 aliphatic heterocycles. The minimum atomic E-state index is -0.843. The molecule has 2 aromatic rings. The Hall–Kier alpha value is -2.94. The number of aliphatic hydroxyl groups excluding tert-OH is 1. The van der Waals surface area contributed by atoms with Crippen LogP contribution in [-0.4, -0.2) is 32.3 Å². The lowest BCUT2D eigenvalue weighted by molar-refractivity contribution is -0.384. The Morgan fingerprint density at radius 3 is 2.86 bits per heavy atom. The Morgan fingerprint density at radius 1 is 1.59 bits per heavy atom. The number of nitro benzene ring substituents is 1. The average Bonchev–Trinajstić information content (AvgIpc) is 2.91. The molecule has 0 bridgehead atoms. The first-order valence-electron chi connectivity index (χ1n) is 6.37. The van der Waals surface area contributed by atoms with Gasteiger partial charge < -0.3 is 16.2 Å². The second kappa shape index (κ2) is 6.22. The molecule has 0 fully saturated rings. The minimum Gasteiger partial charge on any atom is -0.386 e. The number of carbonyl (C=O) groups excluding carboxylic acids is 1. The smallest absolute Gasteiger partial charge is 0.270 e. The number of amides is 1. The van der Waals surface area contributed by atoms with Crippen LogP contribution in [0.2, 0.25) is 0 Å². The van der Waals surface area contributed by atoms with Crippen molar-refractivity contribution < 1.29 is 14.8 Å². The quantitative estimate of drug-likeness (QED) is 0.527. The number of non-ortho nitro benzene ring substituents is 1. The van der Waals surface area contributed by atoms with Crippen LogP contribution in [0.1, 0.15) is 22.0 Å². The number of aliphatic hydroxyl groups is 1. The maximum Gasteiger partial charge on any atom is 0.270 e. The lowest BCUT2D eigenvalue weighted by atomic mass is 10.1. The fourth-order valence-corrected chi connectivity index (χ4v) is 1.94. The molecule has 9 nitrogen and oxygen atoms in total. The lowest BCUT2D eigenvalue weighted by Crippen LogP contribution is -2.17. The molecule has 0 aliphatic rings. The molecule has 1 unspecified atom stereocenters. The van der Waals surface area contributed by atoms with Gasteiger partial charge >= 0.3 is 0 Å². The molecule has 0 spiro atoms. The number of nitrogens with one attached hydrogen (secondary N) is 1. The van der Waals surface area contributed by atoms with E-state index >= 15 is 0 Å². The fourth-order valence-electron chi connectivity index (χ4n) is 1.94. The highest BCUT2D eigenvalue weighted by molar-refractivity contribution is 5.99. The summed E-state index contributed by atoms with van der Waals surface area (Å²) in [6, 6.07) is 3.74. The largest absolute Gasteiger partial charge is 0.386 e. The van der Waals surface area contributed by atoms with E-state index < -0.39 is 16.9 Å². The Kier molecular flexibility index (Phi) is 4.37. The van der Waals surface area contributed by atoms with Gasteiger partial charge in [-0.2, -0.15) is 5.10 Å². The van der Waals surface area contributed by atoms with E-state index in [2.05, 4.69) is 10.4 Å². The van der Waals surface area contributed by atoms with Crippen molar-refractivity contribution in [3.63, 3.8) is 0 Å². The van der Waals surface area contributed by atoms with Crippen molar-refractivity contribution in [1.82, 2.24) is 9.78 Å². The fraction of sp³-hybridized carbons (Fsp3) is 0.231. The van der Waals surface area contributed by atoms with E-state index in [4.69, 9.17) is 5.73 Å². The summed E-state index contributed by atoms with van der Waals surface area (Å²) in [5.74, 6) is -0.790. The molecule has 1 aromatic carbocycles. The number of hydrogen-bond donors (Lipinski definition) is 3. The summed E-state index contributed by atoms with van der Waals surface area (Å²) in [6.07, 6.45) is 2.35. The van der Waals surface area contributed by atoms with Crippen molar-refractivity contribution in [3.05, 3.63) is 51.8 Å². The van der Waals surface area contributed by atoms with E-state index in [9.17, 15) is 20.0 Å². The summed E-state index contributed by atoms with van der Waals surface area (Å²) in [6.45, 7) is 0.101. The number of nitrogens with two attached hydrogens (primary N) is 1. The van der Waals surface area contributed by atoms with Gasteiger partial charge in [-0.05, 0) is 6.07 Å². The third kappa shape index (κ3) is 3.38. The van der Waals surface area contributed by atoms with E-state index in [1.807, 2.05) is 0 Å². The molecule has 1 heterocycles. The number of aryl methyl sites for hydroxylation is 1. The van der Waals surface area contributed by atoms with Gasteiger partial charge in [-0.15, -0.1) is 0 Å². The maximum atomic E-state index is 11.4. The number of hydrogen-bond acceptors (Lipinski definition) is 6. The maximum absolute atomic E-state index is 11.4. The number of anilines is 1. The number of aromatic nitrogens is 2. The zero-order chi connectivity index (χ0) is 16.3. The molecule has 0 aliphatic carbocycles. The highest BCUT2D eigenvalue weighted by Crippen LogP contribution is 2.23. The first kappa shape index (κ1) is 15.4.